The molecule has 1 aliphatic rings. The molecule has 0 radical (unpaired) electrons. The second kappa shape index (κ2) is 5.14. The maximum absolute atomic E-state index is 11.4. The fourth-order valence-corrected chi connectivity index (χ4v) is 1.75. The molecule has 0 amide bonds. The predicted molar refractivity (Wildman–Crippen MR) is 65.3 cm³/mol. The lowest BCUT2D eigenvalue weighted by Crippen LogP contribution is -2.30. The van der Waals surface area contributed by atoms with Crippen molar-refractivity contribution in [2.24, 2.45) is 5.92 Å². The van der Waals surface area contributed by atoms with Crippen molar-refractivity contribution >= 4 is 11.7 Å². The maximum Gasteiger partial charge on any atom is 0.198 e. The Balaban J connectivity index is 2.36. The number of ketones is 1. The molecular formula is C12H21N3O. The predicted octanol–water partition coefficient (Wildman–Crippen LogP) is 1.69. The van der Waals surface area contributed by atoms with Crippen molar-refractivity contribution in [2.45, 2.75) is 26.7 Å². The Labute approximate surface area is 97.4 Å². The molecule has 1 N–H and O–H groups in total. The summed E-state index contributed by atoms with van der Waals surface area (Å²) in [6, 6.07) is 0. The van der Waals surface area contributed by atoms with Crippen LogP contribution in [0, 0.1) is 11.3 Å². The Morgan fingerprint density at radius 1 is 1.56 bits per heavy atom. The van der Waals surface area contributed by atoms with E-state index in [4.69, 9.17) is 5.41 Å². The molecular weight excluding hydrogens is 202 g/mol. The highest BCUT2D eigenvalue weighted by molar-refractivity contribution is 5.82. The minimum absolute atomic E-state index is 0.115. The van der Waals surface area contributed by atoms with Crippen molar-refractivity contribution in [3.05, 3.63) is 12.3 Å². The van der Waals surface area contributed by atoms with Gasteiger partial charge in [0, 0.05) is 31.6 Å². The normalized spacial score (nSPS) is 16.5. The zero-order chi connectivity index (χ0) is 12.3. The molecule has 0 aliphatic carbocycles. The maximum atomic E-state index is 11.4. The summed E-state index contributed by atoms with van der Waals surface area (Å²) in [7, 11) is 1.88. The van der Waals surface area contributed by atoms with E-state index in [0.717, 1.165) is 25.2 Å². The van der Waals surface area contributed by atoms with Gasteiger partial charge < -0.3 is 9.80 Å². The minimum Gasteiger partial charge on any atom is -0.340 e. The molecule has 0 aromatic rings. The molecule has 0 aromatic heterocycles. The molecule has 1 saturated heterocycles. The summed E-state index contributed by atoms with van der Waals surface area (Å²) in [4.78, 5) is 15.2. The van der Waals surface area contributed by atoms with E-state index < -0.39 is 0 Å². The van der Waals surface area contributed by atoms with Crippen molar-refractivity contribution in [1.82, 2.24) is 9.80 Å². The molecule has 1 fully saturated rings. The number of rotatable bonds is 5. The van der Waals surface area contributed by atoms with Crippen LogP contribution in [0.3, 0.4) is 0 Å². The van der Waals surface area contributed by atoms with E-state index in [0.29, 0.717) is 18.2 Å². The molecule has 1 aliphatic heterocycles. The molecule has 4 nitrogen and oxygen atoms in total. The first kappa shape index (κ1) is 12.7. The monoisotopic (exact) mass is 223 g/mol. The van der Waals surface area contributed by atoms with E-state index in [1.807, 2.05) is 30.7 Å². The van der Waals surface area contributed by atoms with Crippen LogP contribution >= 0.6 is 0 Å². The molecule has 1 rings (SSSR count). The highest BCUT2D eigenvalue weighted by Gasteiger charge is 2.25. The highest BCUT2D eigenvalue weighted by Crippen LogP contribution is 2.16. The smallest absolute Gasteiger partial charge is 0.198 e. The van der Waals surface area contributed by atoms with E-state index in [-0.39, 0.29) is 5.92 Å². The molecule has 0 atom stereocenters. The first-order chi connectivity index (χ1) is 7.43. The van der Waals surface area contributed by atoms with Crippen molar-refractivity contribution in [2.75, 3.05) is 20.1 Å². The molecule has 90 valence electrons. The van der Waals surface area contributed by atoms with E-state index in [1.165, 1.54) is 0 Å². The topological polar surface area (TPSA) is 47.4 Å². The van der Waals surface area contributed by atoms with Gasteiger partial charge >= 0.3 is 0 Å². The second-order valence-corrected chi connectivity index (χ2v) is 4.62. The van der Waals surface area contributed by atoms with Gasteiger partial charge in [-0.1, -0.05) is 20.4 Å². The minimum atomic E-state index is 0.115. The van der Waals surface area contributed by atoms with Crippen molar-refractivity contribution in [3.8, 4) is 0 Å². The number of likely N-dealkylation sites (N-methyl/N-ethyl adjacent to an activating group) is 1. The number of hydrogen-bond donors (Lipinski definition) is 1. The number of carbonyl (C=O) groups is 1. The number of nitrogens with one attached hydrogen (secondary N) is 1. The van der Waals surface area contributed by atoms with Crippen LogP contribution in [0.15, 0.2) is 12.3 Å². The number of hydrogen-bond acceptors (Lipinski definition) is 2. The van der Waals surface area contributed by atoms with E-state index >= 15 is 0 Å². The Bertz CT molecular complexity index is 309. The summed E-state index contributed by atoms with van der Waals surface area (Å²) in [6.07, 6.45) is 1.39. The molecule has 4 heteroatoms. The van der Waals surface area contributed by atoms with Gasteiger partial charge in [0.2, 0.25) is 0 Å². The largest absolute Gasteiger partial charge is 0.340 e. The lowest BCUT2D eigenvalue weighted by atomic mass is 10.0. The lowest BCUT2D eigenvalue weighted by Gasteiger charge is -2.19. The van der Waals surface area contributed by atoms with E-state index in [2.05, 4.69) is 6.58 Å². The first-order valence-corrected chi connectivity index (χ1v) is 5.71. The fourth-order valence-electron chi connectivity index (χ4n) is 1.75. The number of carbonyl (C=O) groups excluding carboxylic acids is 1. The molecule has 0 spiro atoms. The van der Waals surface area contributed by atoms with Crippen LogP contribution in [0.2, 0.25) is 0 Å². The third kappa shape index (κ3) is 2.84. The van der Waals surface area contributed by atoms with Gasteiger partial charge in [0.15, 0.2) is 5.96 Å². The van der Waals surface area contributed by atoms with Crippen LogP contribution in [0.1, 0.15) is 26.7 Å². The van der Waals surface area contributed by atoms with Crippen molar-refractivity contribution < 1.29 is 4.79 Å². The number of nitrogens with zero attached hydrogens (tertiary/aromatic N) is 2. The van der Waals surface area contributed by atoms with Gasteiger partial charge in [0.1, 0.15) is 5.78 Å². The first-order valence-electron chi connectivity index (χ1n) is 5.71. The summed E-state index contributed by atoms with van der Waals surface area (Å²) >= 11 is 0. The van der Waals surface area contributed by atoms with Crippen LogP contribution in [0.25, 0.3) is 0 Å². The molecule has 0 bridgehead atoms. The van der Waals surface area contributed by atoms with Gasteiger partial charge in [0.25, 0.3) is 0 Å². The fraction of sp³-hybridized carbons (Fsp3) is 0.667. The zero-order valence-electron chi connectivity index (χ0n) is 10.4. The second-order valence-electron chi connectivity index (χ2n) is 4.62. The van der Waals surface area contributed by atoms with E-state index in [1.54, 1.807) is 0 Å². The lowest BCUT2D eigenvalue weighted by molar-refractivity contribution is -0.122. The average Bonchev–Trinajstić information content (AvgIpc) is 2.44. The Morgan fingerprint density at radius 3 is 2.62 bits per heavy atom. The van der Waals surface area contributed by atoms with Crippen molar-refractivity contribution in [1.29, 1.82) is 5.41 Å². The summed E-state index contributed by atoms with van der Waals surface area (Å²) in [6.45, 7) is 9.22. The summed E-state index contributed by atoms with van der Waals surface area (Å²) in [5.41, 5.74) is 0.949. The Hall–Kier alpha value is -1.32. The third-order valence-electron chi connectivity index (χ3n) is 2.87. The average molecular weight is 223 g/mol. The Kier molecular flexibility index (Phi) is 4.10. The quantitative estimate of drug-likeness (QED) is 0.771. The van der Waals surface area contributed by atoms with Crippen LogP contribution in [-0.4, -0.2) is 41.7 Å². The van der Waals surface area contributed by atoms with Gasteiger partial charge in [-0.25, -0.2) is 0 Å². The van der Waals surface area contributed by atoms with Gasteiger partial charge in [-0.3, -0.25) is 10.2 Å². The van der Waals surface area contributed by atoms with Crippen LogP contribution in [0.5, 0.6) is 0 Å². The molecule has 1 heterocycles. The third-order valence-corrected chi connectivity index (χ3v) is 2.87. The van der Waals surface area contributed by atoms with Gasteiger partial charge in [0.05, 0.1) is 6.54 Å². The molecule has 0 aromatic carbocycles. The van der Waals surface area contributed by atoms with E-state index in [9.17, 15) is 4.79 Å². The van der Waals surface area contributed by atoms with Gasteiger partial charge in [-0.15, -0.1) is 0 Å². The molecule has 0 saturated carbocycles. The van der Waals surface area contributed by atoms with Crippen LogP contribution < -0.4 is 0 Å². The van der Waals surface area contributed by atoms with Gasteiger partial charge in [-0.05, 0) is 6.42 Å². The SMILES string of the molecule is C=C1CN(C)C(=N)N1CCCC(=O)C(C)C. The summed E-state index contributed by atoms with van der Waals surface area (Å²) in [5, 5.41) is 7.82. The zero-order valence-corrected chi connectivity index (χ0v) is 10.4. The van der Waals surface area contributed by atoms with Crippen LogP contribution in [0.4, 0.5) is 0 Å². The number of guanidine groups is 1. The summed E-state index contributed by atoms with van der Waals surface area (Å²) in [5.74, 6) is 0.899. The van der Waals surface area contributed by atoms with Crippen molar-refractivity contribution in [3.63, 3.8) is 0 Å². The molecule has 0 unspecified atom stereocenters. The standard InChI is InChI=1S/C12H21N3O/c1-9(2)11(16)6-5-7-15-10(3)8-14(4)12(15)13/h9,13H,3,5-8H2,1-2,4H3. The molecule has 16 heavy (non-hydrogen) atoms. The summed E-state index contributed by atoms with van der Waals surface area (Å²) < 4.78 is 0. The number of Topliss-reactive ketones (excluding diaryl/α,β-unsaturated/α-hetero) is 1. The van der Waals surface area contributed by atoms with Crippen LogP contribution in [-0.2, 0) is 4.79 Å². The highest BCUT2D eigenvalue weighted by atomic mass is 16.1. The Morgan fingerprint density at radius 2 is 2.19 bits per heavy atom. The van der Waals surface area contributed by atoms with Gasteiger partial charge in [-0.2, -0.15) is 0 Å².